The molecular formula is C90H144. The van der Waals surface area contributed by atoms with Gasteiger partial charge in [0.25, 0.3) is 0 Å². The lowest BCUT2D eigenvalue weighted by Gasteiger charge is -2.33. The van der Waals surface area contributed by atoms with Crippen molar-refractivity contribution in [3.63, 3.8) is 0 Å². The fraction of sp³-hybridized carbons (Fsp3) is 0.600. The molecule has 1 unspecified atom stereocenters. The average Bonchev–Trinajstić information content (AvgIpc) is 0.704. The molecule has 0 saturated carbocycles. The molecule has 0 aliphatic heterocycles. The van der Waals surface area contributed by atoms with Crippen molar-refractivity contribution < 1.29 is 24.7 Å². The summed E-state index contributed by atoms with van der Waals surface area (Å²) in [6, 6.07) is 32.4. The minimum atomic E-state index is -3.31. The summed E-state index contributed by atoms with van der Waals surface area (Å²) in [5.41, 5.74) is 15.6. The molecule has 90 heavy (non-hydrogen) atoms. The van der Waals surface area contributed by atoms with Crippen LogP contribution in [0.2, 0.25) is 0 Å². The van der Waals surface area contributed by atoms with Crippen molar-refractivity contribution in [3.05, 3.63) is 210 Å². The molecule has 6 aromatic rings. The molecule has 1 atom stereocenters. The fourth-order valence-electron chi connectivity index (χ4n) is 11.3. The van der Waals surface area contributed by atoms with Crippen molar-refractivity contribution in [2.75, 3.05) is 0 Å². The molecule has 0 nitrogen and oxygen atoms in total. The first-order valence-electron chi connectivity index (χ1n) is 42.5. The van der Waals surface area contributed by atoms with Crippen LogP contribution >= 0.6 is 0 Å². The molecule has 6 aromatic carbocycles. The van der Waals surface area contributed by atoms with Gasteiger partial charge in [-0.15, -0.1) is 0 Å². The lowest BCUT2D eigenvalue weighted by atomic mass is 9.71. The SMILES string of the molecule is CC(C)(C)c1ccccc1.CC(C)c1cc(C(C)C)c(C(C)(C)C)c(C(C)C)c1.CC(C)c1cccc(C(C)C)c1C(C)(C)C.[2H]C(C)(C)c1cccc(C(C)(C)C)c1C(C)(C)C.[2H]C([2H])([2H])C([2H])(c1cccc(C([2H])(C([2H])([2H])[2H])C([2H])([2H])C)c1C(C)(C)C)C([2H])([2H])[2H].[2H]c1c([2H])c(C)c([2H])c(C(C)(C)C)c1[2H]. The third kappa shape index (κ3) is 26.0. The van der Waals surface area contributed by atoms with Gasteiger partial charge in [-0.3, -0.25) is 0 Å². The molecule has 0 aromatic heterocycles. The second-order valence-corrected chi connectivity index (χ2v) is 33.7. The van der Waals surface area contributed by atoms with E-state index in [1.807, 2.05) is 34.6 Å². The van der Waals surface area contributed by atoms with Crippen LogP contribution in [-0.4, -0.2) is 0 Å². The van der Waals surface area contributed by atoms with Crippen LogP contribution in [0, 0.1) is 6.92 Å². The molecule has 6 rings (SSSR count). The molecule has 0 heterocycles. The average molecular weight is 1240 g/mol. The Morgan fingerprint density at radius 3 is 1.06 bits per heavy atom. The van der Waals surface area contributed by atoms with Crippen LogP contribution in [0.25, 0.3) is 0 Å². The maximum atomic E-state index is 8.72. The zero-order valence-electron chi connectivity index (χ0n) is 82.1. The molecular weight excluding hydrogens is 1080 g/mol. The lowest BCUT2D eigenvalue weighted by Crippen LogP contribution is -2.24. The van der Waals surface area contributed by atoms with Crippen LogP contribution in [0.4, 0.5) is 0 Å². The van der Waals surface area contributed by atoms with Gasteiger partial charge in [-0.25, -0.2) is 0 Å². The number of benzene rings is 6. The molecule has 0 bridgehead atoms. The van der Waals surface area contributed by atoms with Crippen LogP contribution in [0.1, 0.15) is 423 Å². The standard InChI is InChI=1S/C19H32.2C17H28.C16H26.C11H16.C10H14/c1-12(2)15-10-16(13(3)4)18(19(7,8)9)17(11-15)14(5)6;1-12(2)13-10-9-11-14(16(3,4)5)15(13)17(6,7)8;1-8-13(4)15-11-9-10-14(12(2)3)16(15)17(5,6)7;1-11(2)13-9-8-10-14(12(3)4)15(13)16(5,6)7;1-9-6-5-7-10(8-9)11(2,3)4;1-10(2,3)9-7-5-4-6-8-9/h10-14H,1-9H3;9-12H,1-8H3;9-13H,8H2,1-7H3;8-12H,1-7H3;5-8H,1-4H3;4-8H,1-3H3/i;12D;2D3,3D3,4D3,8D2,12D,13D;;5D,6D,7D,8D;. The Balaban J connectivity index is 0.000000667. The molecule has 0 radical (unpaired) electrons. The smallest absolute Gasteiger partial charge is 0.0629 e. The summed E-state index contributed by atoms with van der Waals surface area (Å²) in [6.07, 6.45) is -2.61. The molecule has 504 valence electrons. The van der Waals surface area contributed by atoms with E-state index in [9.17, 15) is 0 Å². The van der Waals surface area contributed by atoms with E-state index < -0.39 is 55.6 Å². The molecule has 0 heteroatoms. The van der Waals surface area contributed by atoms with Crippen LogP contribution in [0.15, 0.2) is 121 Å². The van der Waals surface area contributed by atoms with Crippen molar-refractivity contribution in [3.8, 4) is 0 Å². The Kier molecular flexibility index (Phi) is 21.8. The molecule has 0 amide bonds. The van der Waals surface area contributed by atoms with E-state index in [-0.39, 0.29) is 62.4 Å². The summed E-state index contributed by atoms with van der Waals surface area (Å²) in [5, 5.41) is 0. The van der Waals surface area contributed by atoms with Gasteiger partial charge in [0.05, 0.1) is 5.48 Å². The second-order valence-electron chi connectivity index (χ2n) is 33.7. The van der Waals surface area contributed by atoms with E-state index in [0.717, 1.165) is 18.6 Å². The van der Waals surface area contributed by atoms with Gasteiger partial charge in [0, 0.05) is 19.2 Å². The van der Waals surface area contributed by atoms with E-state index in [1.165, 1.54) is 45.5 Å². The molecule has 0 fully saturated rings. The summed E-state index contributed by atoms with van der Waals surface area (Å²) < 4.78 is 143. The largest absolute Gasteiger partial charge is 0.0648 e. The lowest BCUT2D eigenvalue weighted by molar-refractivity contribution is 0.521. The Morgan fingerprint density at radius 2 is 0.733 bits per heavy atom. The van der Waals surface area contributed by atoms with Crippen LogP contribution in [-0.2, 0) is 37.9 Å². The van der Waals surface area contributed by atoms with Crippen molar-refractivity contribution >= 4 is 0 Å². The minimum Gasteiger partial charge on any atom is -0.0648 e. The van der Waals surface area contributed by atoms with Gasteiger partial charge in [-0.1, -0.05) is 383 Å². The number of hydrogen-bond acceptors (Lipinski definition) is 0. The predicted octanol–water partition coefficient (Wildman–Crippen LogP) is 28.9. The third-order valence-corrected chi connectivity index (χ3v) is 15.9. The summed E-state index contributed by atoms with van der Waals surface area (Å²) in [5.74, 6) is -3.53. The Labute approximate surface area is 587 Å². The zero-order chi connectivity index (χ0) is 85.7. The number of hydrogen-bond donors (Lipinski definition) is 0. The Morgan fingerprint density at radius 1 is 0.367 bits per heavy atom. The summed E-state index contributed by atoms with van der Waals surface area (Å²) in [4.78, 5) is 0. The van der Waals surface area contributed by atoms with Gasteiger partial charge < -0.3 is 0 Å². The first-order valence-corrected chi connectivity index (χ1v) is 33.5. The highest BCUT2D eigenvalue weighted by Gasteiger charge is 2.30. The van der Waals surface area contributed by atoms with Gasteiger partial charge in [0.15, 0.2) is 0 Å². The van der Waals surface area contributed by atoms with Gasteiger partial charge in [-0.2, -0.15) is 0 Å². The van der Waals surface area contributed by atoms with Gasteiger partial charge >= 0.3 is 0 Å². The van der Waals surface area contributed by atoms with Crippen molar-refractivity contribution in [2.24, 2.45) is 0 Å². The van der Waals surface area contributed by atoms with Gasteiger partial charge in [-0.05, 0) is 182 Å². The predicted molar refractivity (Wildman–Crippen MR) is 412 cm³/mol. The monoisotopic (exact) mass is 1240 g/mol. The van der Waals surface area contributed by atoms with Crippen LogP contribution in [0.5, 0.6) is 0 Å². The minimum absolute atomic E-state index is 0.00185. The van der Waals surface area contributed by atoms with Gasteiger partial charge in [0.2, 0.25) is 0 Å². The van der Waals surface area contributed by atoms with Gasteiger partial charge in [0.1, 0.15) is 0 Å². The highest BCUT2D eigenvalue weighted by molar-refractivity contribution is 5.49. The van der Waals surface area contributed by atoms with E-state index >= 15 is 0 Å². The molecule has 0 aliphatic rings. The normalized spacial score (nSPS) is 16.9. The summed E-state index contributed by atoms with van der Waals surface area (Å²) >= 11 is 0. The second kappa shape index (κ2) is 34.5. The maximum absolute atomic E-state index is 8.72. The topological polar surface area (TPSA) is 0 Å². The van der Waals surface area contributed by atoms with E-state index in [4.69, 9.17) is 24.7 Å². The highest BCUT2D eigenvalue weighted by atomic mass is 14.3. The Hall–Kier alpha value is -4.68. The van der Waals surface area contributed by atoms with E-state index in [1.54, 1.807) is 49.9 Å². The molecule has 0 N–H and O–H groups in total. The van der Waals surface area contributed by atoms with E-state index in [2.05, 4.69) is 252 Å². The fourth-order valence-corrected chi connectivity index (χ4v) is 11.3. The zero-order valence-corrected chi connectivity index (χ0v) is 64.1. The first kappa shape index (κ1) is 56.8. The van der Waals surface area contributed by atoms with E-state index in [0.29, 0.717) is 46.1 Å². The van der Waals surface area contributed by atoms with Crippen LogP contribution in [0.3, 0.4) is 0 Å². The quantitative estimate of drug-likeness (QED) is 0.135. The van der Waals surface area contributed by atoms with Crippen molar-refractivity contribution in [1.82, 2.24) is 0 Å². The highest BCUT2D eigenvalue weighted by Crippen LogP contribution is 2.42. The van der Waals surface area contributed by atoms with Crippen LogP contribution < -0.4 is 0 Å². The number of rotatable bonds is 9. The van der Waals surface area contributed by atoms with Crippen molar-refractivity contribution in [1.29, 1.82) is 0 Å². The summed E-state index contributed by atoms with van der Waals surface area (Å²) in [7, 11) is 0. The summed E-state index contributed by atoms with van der Waals surface area (Å²) in [6.45, 7) is 64.4. The third-order valence-electron chi connectivity index (χ3n) is 15.9. The first-order chi connectivity index (χ1) is 47.8. The maximum Gasteiger partial charge on any atom is 0.0629 e. The molecule has 0 spiro atoms. The molecule has 0 aliphatic carbocycles. The van der Waals surface area contributed by atoms with Crippen molar-refractivity contribution in [2.45, 2.75) is 354 Å². The molecule has 0 saturated heterocycles. The Bertz CT molecular complexity index is 3660.